The number of carbonyl (C=O) groups is 1. The number of hydrogen-bond acceptors (Lipinski definition) is 5. The third kappa shape index (κ3) is 3.77. The molecular weight excluding hydrogens is 406 g/mol. The molecule has 1 heterocycles. The standard InChI is InChI=1S/C25H25N3O4/c1-3-5-14-26-20-15-18(16-10-7-9-13-21(16)28(30)31)24-22(23(20)25(29)32-4-2)17-11-6-8-12-19(17)27-24/h6-13,15,26-27H,3-5,14H2,1-2H3. The molecule has 3 aromatic carbocycles. The average Bonchev–Trinajstić information content (AvgIpc) is 3.18. The lowest BCUT2D eigenvalue weighted by Crippen LogP contribution is -2.12. The molecule has 7 nitrogen and oxygen atoms in total. The fourth-order valence-corrected chi connectivity index (χ4v) is 4.05. The van der Waals surface area contributed by atoms with E-state index in [-0.39, 0.29) is 17.2 Å². The van der Waals surface area contributed by atoms with Crippen molar-refractivity contribution in [3.05, 3.63) is 70.3 Å². The zero-order valence-electron chi connectivity index (χ0n) is 18.1. The highest BCUT2D eigenvalue weighted by Crippen LogP contribution is 2.42. The van der Waals surface area contributed by atoms with Crippen molar-refractivity contribution in [2.75, 3.05) is 18.5 Å². The van der Waals surface area contributed by atoms with Crippen molar-refractivity contribution in [1.82, 2.24) is 4.98 Å². The number of ether oxygens (including phenoxy) is 1. The molecule has 0 unspecified atom stereocenters. The summed E-state index contributed by atoms with van der Waals surface area (Å²) in [5, 5.41) is 16.7. The Morgan fingerprint density at radius 3 is 2.59 bits per heavy atom. The Kier molecular flexibility index (Phi) is 6.07. The molecule has 0 fully saturated rings. The summed E-state index contributed by atoms with van der Waals surface area (Å²) in [6, 6.07) is 16.2. The molecule has 0 atom stereocenters. The molecule has 7 heteroatoms. The van der Waals surface area contributed by atoms with Crippen LogP contribution in [0.5, 0.6) is 0 Å². The van der Waals surface area contributed by atoms with Crippen LogP contribution in [0.1, 0.15) is 37.0 Å². The van der Waals surface area contributed by atoms with Crippen LogP contribution in [0.2, 0.25) is 0 Å². The predicted molar refractivity (Wildman–Crippen MR) is 127 cm³/mol. The largest absolute Gasteiger partial charge is 0.462 e. The van der Waals surface area contributed by atoms with Crippen molar-refractivity contribution in [2.24, 2.45) is 0 Å². The van der Waals surface area contributed by atoms with Crippen molar-refractivity contribution in [2.45, 2.75) is 26.7 Å². The molecule has 0 saturated carbocycles. The second-order valence-electron chi connectivity index (χ2n) is 7.54. The number of fused-ring (bicyclic) bond motifs is 3. The fourth-order valence-electron chi connectivity index (χ4n) is 4.05. The first kappa shape index (κ1) is 21.4. The van der Waals surface area contributed by atoms with Gasteiger partial charge in [-0.15, -0.1) is 0 Å². The number of unbranched alkanes of at least 4 members (excludes halogenated alkanes) is 1. The van der Waals surface area contributed by atoms with Gasteiger partial charge >= 0.3 is 5.97 Å². The van der Waals surface area contributed by atoms with Gasteiger partial charge < -0.3 is 15.0 Å². The number of nitro benzene ring substituents is 1. The zero-order chi connectivity index (χ0) is 22.7. The number of benzene rings is 3. The van der Waals surface area contributed by atoms with Crippen LogP contribution < -0.4 is 5.32 Å². The Hall–Kier alpha value is -3.87. The molecule has 1 aromatic heterocycles. The normalized spacial score (nSPS) is 11.1. The van der Waals surface area contributed by atoms with Crippen LogP contribution in [0.15, 0.2) is 54.6 Å². The van der Waals surface area contributed by atoms with Gasteiger partial charge in [0, 0.05) is 34.5 Å². The topological polar surface area (TPSA) is 97.3 Å². The molecule has 0 aliphatic rings. The minimum Gasteiger partial charge on any atom is -0.462 e. The summed E-state index contributed by atoms with van der Waals surface area (Å²) >= 11 is 0. The Morgan fingerprint density at radius 1 is 1.09 bits per heavy atom. The van der Waals surface area contributed by atoms with E-state index in [0.29, 0.717) is 39.8 Å². The summed E-state index contributed by atoms with van der Waals surface area (Å²) in [6.45, 7) is 4.79. The maximum atomic E-state index is 13.1. The van der Waals surface area contributed by atoms with Gasteiger partial charge in [0.2, 0.25) is 0 Å². The van der Waals surface area contributed by atoms with Crippen LogP contribution in [-0.4, -0.2) is 29.0 Å². The first-order valence-electron chi connectivity index (χ1n) is 10.8. The summed E-state index contributed by atoms with van der Waals surface area (Å²) in [5.74, 6) is -0.421. The van der Waals surface area contributed by atoms with Crippen LogP contribution in [0.3, 0.4) is 0 Å². The number of para-hydroxylation sites is 2. The second kappa shape index (κ2) is 9.09. The van der Waals surface area contributed by atoms with Gasteiger partial charge in [-0.2, -0.15) is 0 Å². The summed E-state index contributed by atoms with van der Waals surface area (Å²) in [4.78, 5) is 27.9. The monoisotopic (exact) mass is 431 g/mol. The summed E-state index contributed by atoms with van der Waals surface area (Å²) < 4.78 is 5.41. The Labute approximate surface area is 185 Å². The van der Waals surface area contributed by atoms with E-state index in [9.17, 15) is 14.9 Å². The number of nitro groups is 1. The van der Waals surface area contributed by atoms with Crippen LogP contribution >= 0.6 is 0 Å². The Balaban J connectivity index is 2.11. The highest BCUT2D eigenvalue weighted by molar-refractivity contribution is 6.22. The molecule has 0 bridgehead atoms. The summed E-state index contributed by atoms with van der Waals surface area (Å²) in [6.07, 6.45) is 1.92. The van der Waals surface area contributed by atoms with Gasteiger partial charge in [-0.3, -0.25) is 10.1 Å². The number of hydrogen-bond donors (Lipinski definition) is 2. The highest BCUT2D eigenvalue weighted by Gasteiger charge is 2.26. The molecular formula is C25H25N3O4. The molecule has 0 aliphatic carbocycles. The number of H-pyrrole nitrogens is 1. The van der Waals surface area contributed by atoms with Gasteiger partial charge in [0.05, 0.1) is 33.9 Å². The number of nitrogens with zero attached hydrogens (tertiary/aromatic N) is 1. The molecule has 4 aromatic rings. The van der Waals surface area contributed by atoms with Crippen molar-refractivity contribution < 1.29 is 14.5 Å². The number of nitrogens with one attached hydrogen (secondary N) is 2. The first-order chi connectivity index (χ1) is 15.6. The molecule has 0 amide bonds. The summed E-state index contributed by atoms with van der Waals surface area (Å²) in [5.41, 5.74) is 3.73. The number of aromatic nitrogens is 1. The number of rotatable bonds is 8. The quantitative estimate of drug-likeness (QED) is 0.148. The van der Waals surface area contributed by atoms with Crippen molar-refractivity contribution in [1.29, 1.82) is 0 Å². The van der Waals surface area contributed by atoms with Crippen LogP contribution in [0.25, 0.3) is 32.9 Å². The molecule has 2 N–H and O–H groups in total. The number of esters is 1. The average molecular weight is 431 g/mol. The SMILES string of the molecule is CCCCNc1cc(-c2ccccc2[N+](=O)[O-])c2[nH]c3ccccc3c2c1C(=O)OCC. The zero-order valence-corrected chi connectivity index (χ0v) is 18.1. The second-order valence-corrected chi connectivity index (χ2v) is 7.54. The van der Waals surface area contributed by atoms with Crippen molar-refractivity contribution in [3.63, 3.8) is 0 Å². The maximum absolute atomic E-state index is 13.1. The lowest BCUT2D eigenvalue weighted by molar-refractivity contribution is -0.384. The van der Waals surface area contributed by atoms with Crippen molar-refractivity contribution in [3.8, 4) is 11.1 Å². The van der Waals surface area contributed by atoms with Gasteiger partial charge in [-0.1, -0.05) is 43.7 Å². The highest BCUT2D eigenvalue weighted by atomic mass is 16.6. The van der Waals surface area contributed by atoms with E-state index in [1.807, 2.05) is 30.3 Å². The van der Waals surface area contributed by atoms with Gasteiger partial charge in [0.25, 0.3) is 5.69 Å². The number of anilines is 1. The minimum absolute atomic E-state index is 0.0100. The third-order valence-electron chi connectivity index (χ3n) is 5.50. The predicted octanol–water partition coefficient (Wildman–Crippen LogP) is 6.29. The maximum Gasteiger partial charge on any atom is 0.340 e. The first-order valence-corrected chi connectivity index (χ1v) is 10.8. The number of aromatic amines is 1. The molecule has 0 spiro atoms. The molecule has 164 valence electrons. The van der Waals surface area contributed by atoms with Crippen molar-refractivity contribution >= 4 is 39.1 Å². The van der Waals surface area contributed by atoms with E-state index in [1.54, 1.807) is 25.1 Å². The van der Waals surface area contributed by atoms with E-state index in [4.69, 9.17) is 4.74 Å². The fraction of sp³-hybridized carbons (Fsp3) is 0.240. The molecule has 32 heavy (non-hydrogen) atoms. The lowest BCUT2D eigenvalue weighted by atomic mass is 9.95. The Bertz CT molecular complexity index is 1310. The van der Waals surface area contributed by atoms with E-state index in [0.717, 1.165) is 23.7 Å². The molecule has 0 radical (unpaired) electrons. The number of carbonyl (C=O) groups excluding carboxylic acids is 1. The van der Waals surface area contributed by atoms with Gasteiger partial charge in [0.1, 0.15) is 0 Å². The van der Waals surface area contributed by atoms with Gasteiger partial charge in [0.15, 0.2) is 0 Å². The van der Waals surface area contributed by atoms with Gasteiger partial charge in [-0.05, 0) is 31.5 Å². The minimum atomic E-state index is -0.421. The third-order valence-corrected chi connectivity index (χ3v) is 5.50. The van der Waals surface area contributed by atoms with E-state index in [2.05, 4.69) is 17.2 Å². The van der Waals surface area contributed by atoms with Crippen LogP contribution in [0, 0.1) is 10.1 Å². The molecule has 4 rings (SSSR count). The lowest BCUT2D eigenvalue weighted by Gasteiger charge is -2.16. The smallest absolute Gasteiger partial charge is 0.340 e. The van der Waals surface area contributed by atoms with E-state index >= 15 is 0 Å². The molecule has 0 aliphatic heterocycles. The van der Waals surface area contributed by atoms with Gasteiger partial charge in [-0.25, -0.2) is 4.79 Å². The Morgan fingerprint density at radius 2 is 1.84 bits per heavy atom. The van der Waals surface area contributed by atoms with E-state index < -0.39 is 5.97 Å². The molecule has 0 saturated heterocycles. The van der Waals surface area contributed by atoms with Crippen LogP contribution in [0.4, 0.5) is 11.4 Å². The summed E-state index contributed by atoms with van der Waals surface area (Å²) in [7, 11) is 0. The van der Waals surface area contributed by atoms with Crippen LogP contribution in [-0.2, 0) is 4.74 Å². The van der Waals surface area contributed by atoms with E-state index in [1.165, 1.54) is 6.07 Å².